The molecule has 3 aromatic rings. The average Bonchev–Trinajstić information content (AvgIpc) is 3.24. The first-order chi connectivity index (χ1) is 17.9. The number of rotatable bonds is 8. The molecule has 0 unspecified atom stereocenters. The molecular formula is C24H24F3N3O6S2. The number of hydrogen-bond acceptors (Lipinski definition) is 8. The summed E-state index contributed by atoms with van der Waals surface area (Å²) in [4.78, 5) is 15.1. The molecule has 3 heterocycles. The quantitative estimate of drug-likeness (QED) is 0.437. The van der Waals surface area contributed by atoms with Gasteiger partial charge in [0.1, 0.15) is 15.4 Å². The Labute approximate surface area is 220 Å². The van der Waals surface area contributed by atoms with Crippen LogP contribution in [0.15, 0.2) is 57.3 Å². The summed E-state index contributed by atoms with van der Waals surface area (Å²) in [5, 5.41) is 13.9. The number of carboxylic acid groups (broad SMARTS) is 1. The highest BCUT2D eigenvalue weighted by molar-refractivity contribution is 7.91. The Morgan fingerprint density at radius 2 is 1.87 bits per heavy atom. The lowest BCUT2D eigenvalue weighted by atomic mass is 9.89. The number of likely N-dealkylation sites (N-methyl/N-ethyl adjacent to an activating group) is 1. The van der Waals surface area contributed by atoms with Crippen LogP contribution in [0, 0.1) is 0 Å². The van der Waals surface area contributed by atoms with Gasteiger partial charge in [-0.3, -0.25) is 9.69 Å². The van der Waals surface area contributed by atoms with E-state index < -0.39 is 38.9 Å². The van der Waals surface area contributed by atoms with Gasteiger partial charge in [-0.15, -0.1) is 11.3 Å². The second kappa shape index (κ2) is 9.45. The number of ether oxygens (including phenoxy) is 1. The zero-order valence-electron chi connectivity index (χ0n) is 20.1. The fraction of sp³-hybridized carbons (Fsp3) is 0.417. The third kappa shape index (κ3) is 4.33. The summed E-state index contributed by atoms with van der Waals surface area (Å²) >= 11 is 0.693. The maximum atomic E-state index is 13.8. The largest absolute Gasteiger partial charge is 0.480 e. The van der Waals surface area contributed by atoms with Gasteiger partial charge in [-0.05, 0) is 24.1 Å². The van der Waals surface area contributed by atoms with Crippen molar-refractivity contribution < 1.29 is 40.8 Å². The van der Waals surface area contributed by atoms with E-state index in [0.29, 0.717) is 55.8 Å². The van der Waals surface area contributed by atoms with E-state index in [-0.39, 0.29) is 21.2 Å². The van der Waals surface area contributed by atoms with Crippen molar-refractivity contribution in [3.8, 4) is 10.6 Å². The number of carboxylic acids is 1. The van der Waals surface area contributed by atoms with Crippen LogP contribution < -0.4 is 0 Å². The predicted octanol–water partition coefficient (Wildman–Crippen LogP) is 3.54. The minimum atomic E-state index is -4.74. The molecule has 2 aliphatic rings. The van der Waals surface area contributed by atoms with Gasteiger partial charge in [0.15, 0.2) is 0 Å². The van der Waals surface area contributed by atoms with Crippen LogP contribution in [-0.4, -0.2) is 79.3 Å². The number of morpholine rings is 1. The van der Waals surface area contributed by atoms with Gasteiger partial charge in [0.05, 0.1) is 18.1 Å². The Kier molecular flexibility index (Phi) is 6.67. The normalized spacial score (nSPS) is 24.6. The summed E-state index contributed by atoms with van der Waals surface area (Å²) in [7, 11) is -3.12. The standard InChI is InChI=1S/C24H24F3N3O6S2/c1-29(38(33,34)20-8-7-18(37-20)17-13-19(36-28-17)24(25,26)27)23(21(31)32)14-22(23,16-5-3-2-4-6-16)15-30-9-11-35-12-10-30/h2-8,13H,9-12,14-15H2,1H3,(H,31,32)/t22-,23+/m1/s1. The molecule has 14 heteroatoms. The van der Waals surface area contributed by atoms with Gasteiger partial charge in [-0.1, -0.05) is 35.5 Å². The van der Waals surface area contributed by atoms with Crippen LogP contribution in [0.4, 0.5) is 13.2 Å². The first kappa shape index (κ1) is 26.8. The monoisotopic (exact) mass is 571 g/mol. The van der Waals surface area contributed by atoms with Crippen molar-refractivity contribution in [3.63, 3.8) is 0 Å². The molecule has 38 heavy (non-hydrogen) atoms. The van der Waals surface area contributed by atoms with Crippen molar-refractivity contribution in [2.45, 2.75) is 27.8 Å². The third-order valence-corrected chi connectivity index (χ3v) is 10.7. The molecule has 1 aliphatic carbocycles. The lowest BCUT2D eigenvalue weighted by Crippen LogP contribution is -2.53. The second-order valence-electron chi connectivity index (χ2n) is 9.34. The zero-order valence-corrected chi connectivity index (χ0v) is 21.8. The van der Waals surface area contributed by atoms with Crippen LogP contribution in [0.1, 0.15) is 17.7 Å². The number of thiophene rings is 1. The molecule has 204 valence electrons. The highest BCUT2D eigenvalue weighted by Crippen LogP contribution is 2.62. The van der Waals surface area contributed by atoms with Crippen LogP contribution in [-0.2, 0) is 31.1 Å². The number of aromatic nitrogens is 1. The number of hydrogen-bond donors (Lipinski definition) is 1. The van der Waals surface area contributed by atoms with E-state index in [2.05, 4.69) is 14.6 Å². The molecule has 0 amide bonds. The Hall–Kier alpha value is -2.78. The fourth-order valence-electron chi connectivity index (χ4n) is 5.20. The van der Waals surface area contributed by atoms with Gasteiger partial charge in [0.2, 0.25) is 5.76 Å². The average molecular weight is 572 g/mol. The Bertz CT molecular complexity index is 1440. The highest BCUT2D eigenvalue weighted by Gasteiger charge is 2.77. The first-order valence-electron chi connectivity index (χ1n) is 11.6. The molecule has 1 N–H and O–H groups in total. The van der Waals surface area contributed by atoms with Gasteiger partial charge >= 0.3 is 12.1 Å². The molecule has 2 atom stereocenters. The minimum Gasteiger partial charge on any atom is -0.480 e. The van der Waals surface area contributed by atoms with Gasteiger partial charge < -0.3 is 14.4 Å². The van der Waals surface area contributed by atoms with Crippen molar-refractivity contribution in [3.05, 3.63) is 59.9 Å². The molecule has 1 aliphatic heterocycles. The third-order valence-electron chi connectivity index (χ3n) is 7.28. The molecule has 0 radical (unpaired) electrons. The van der Waals surface area contributed by atoms with Gasteiger partial charge in [0.25, 0.3) is 10.0 Å². The van der Waals surface area contributed by atoms with E-state index >= 15 is 0 Å². The summed E-state index contributed by atoms with van der Waals surface area (Å²) in [5.74, 6) is -2.58. The number of sulfonamides is 1. The number of nitrogens with zero attached hydrogens (tertiary/aromatic N) is 3. The van der Waals surface area contributed by atoms with Crippen LogP contribution in [0.5, 0.6) is 0 Å². The van der Waals surface area contributed by atoms with E-state index in [4.69, 9.17) is 4.74 Å². The van der Waals surface area contributed by atoms with E-state index in [1.54, 1.807) is 30.3 Å². The Morgan fingerprint density at radius 3 is 2.47 bits per heavy atom. The molecule has 1 saturated heterocycles. The smallest absolute Gasteiger partial charge is 0.452 e. The van der Waals surface area contributed by atoms with Gasteiger partial charge in [-0.2, -0.15) is 17.5 Å². The van der Waals surface area contributed by atoms with Crippen molar-refractivity contribution in [2.24, 2.45) is 0 Å². The molecule has 5 rings (SSSR count). The number of alkyl halides is 3. The Morgan fingerprint density at radius 1 is 1.18 bits per heavy atom. The maximum Gasteiger partial charge on any atom is 0.452 e. The van der Waals surface area contributed by atoms with Gasteiger partial charge in [0, 0.05) is 38.2 Å². The summed E-state index contributed by atoms with van der Waals surface area (Å²) in [6.45, 7) is 2.49. The first-order valence-corrected chi connectivity index (χ1v) is 13.9. The summed E-state index contributed by atoms with van der Waals surface area (Å²) in [6.07, 6.45) is -4.68. The van der Waals surface area contributed by atoms with Gasteiger partial charge in [-0.25, -0.2) is 8.42 Å². The van der Waals surface area contributed by atoms with Crippen LogP contribution in [0.3, 0.4) is 0 Å². The molecular weight excluding hydrogens is 547 g/mol. The summed E-state index contributed by atoms with van der Waals surface area (Å²) in [5.41, 5.74) is -2.25. The number of aliphatic carboxylic acids is 1. The number of benzene rings is 1. The molecule has 1 aromatic carbocycles. The number of halogens is 3. The van der Waals surface area contributed by atoms with E-state index in [0.717, 1.165) is 4.31 Å². The van der Waals surface area contributed by atoms with E-state index in [9.17, 15) is 31.5 Å². The van der Waals surface area contributed by atoms with Crippen LogP contribution in [0.2, 0.25) is 0 Å². The van der Waals surface area contributed by atoms with E-state index in [1.165, 1.54) is 19.2 Å². The number of carbonyl (C=O) groups is 1. The van der Waals surface area contributed by atoms with Crippen molar-refractivity contribution in [1.29, 1.82) is 0 Å². The van der Waals surface area contributed by atoms with Crippen LogP contribution in [0.25, 0.3) is 10.6 Å². The van der Waals surface area contributed by atoms with Crippen LogP contribution >= 0.6 is 11.3 Å². The molecule has 2 aromatic heterocycles. The van der Waals surface area contributed by atoms with Crippen molar-refractivity contribution in [2.75, 3.05) is 39.9 Å². The van der Waals surface area contributed by atoms with Crippen molar-refractivity contribution in [1.82, 2.24) is 14.4 Å². The molecule has 0 spiro atoms. The molecule has 9 nitrogen and oxygen atoms in total. The fourth-order valence-corrected chi connectivity index (χ4v) is 8.15. The van der Waals surface area contributed by atoms with E-state index in [1.807, 2.05) is 0 Å². The molecule has 0 bridgehead atoms. The SMILES string of the molecule is CN([C@]1(C(=O)O)C[C@@]1(CN1CCOCC1)c1ccccc1)S(=O)(=O)c1ccc(-c2cc(C(F)(F)F)on2)s1. The zero-order chi connectivity index (χ0) is 27.3. The highest BCUT2D eigenvalue weighted by atomic mass is 32.2. The summed E-state index contributed by atoms with van der Waals surface area (Å²) < 4.78 is 76.7. The lowest BCUT2D eigenvalue weighted by Gasteiger charge is -2.35. The molecule has 2 fully saturated rings. The maximum absolute atomic E-state index is 13.8. The lowest BCUT2D eigenvalue weighted by molar-refractivity contribution is -0.155. The minimum absolute atomic E-state index is 0.0584. The summed E-state index contributed by atoms with van der Waals surface area (Å²) in [6, 6.07) is 12.2. The topological polar surface area (TPSA) is 113 Å². The Balaban J connectivity index is 1.50. The van der Waals surface area contributed by atoms with Crippen molar-refractivity contribution >= 4 is 27.3 Å². The second-order valence-corrected chi connectivity index (χ2v) is 12.6. The molecule has 1 saturated carbocycles. The predicted molar refractivity (Wildman–Crippen MR) is 130 cm³/mol.